The molecule has 12 heteroatoms. The van der Waals surface area contributed by atoms with Gasteiger partial charge < -0.3 is 19.0 Å². The highest BCUT2D eigenvalue weighted by atomic mass is 28.4. The van der Waals surface area contributed by atoms with Gasteiger partial charge in [-0.25, -0.2) is 19.1 Å². The summed E-state index contributed by atoms with van der Waals surface area (Å²) >= 11 is 0. The number of aliphatic hydroxyl groups excluding tert-OH is 1. The maximum absolute atomic E-state index is 15.1. The fourth-order valence-corrected chi connectivity index (χ4v) is 4.19. The topological polar surface area (TPSA) is 112 Å². The van der Waals surface area contributed by atoms with Crippen molar-refractivity contribution in [1.82, 2.24) is 9.55 Å². The summed E-state index contributed by atoms with van der Waals surface area (Å²) in [4.78, 5) is 28.1. The van der Waals surface area contributed by atoms with Crippen LogP contribution in [0.25, 0.3) is 0 Å². The maximum atomic E-state index is 15.1. The molecule has 0 bridgehead atoms. The molecule has 1 aliphatic rings. The van der Waals surface area contributed by atoms with Crippen molar-refractivity contribution >= 4 is 20.2 Å². The van der Waals surface area contributed by atoms with Crippen LogP contribution < -0.4 is 11.0 Å². The monoisotopic (exact) mass is 505 g/mol. The van der Waals surface area contributed by atoms with Gasteiger partial charge in [-0.05, 0) is 30.6 Å². The molecule has 1 amide bonds. The molecular weight excluding hydrogens is 468 g/mol. The molecule has 3 atom stereocenters. The Morgan fingerprint density at radius 3 is 2.62 bits per heavy atom. The van der Waals surface area contributed by atoms with Crippen molar-refractivity contribution in [3.05, 3.63) is 22.7 Å². The van der Waals surface area contributed by atoms with Gasteiger partial charge in [0.25, 0.3) is 0 Å². The largest absolute Gasteiger partial charge is 0.449 e. The number of aromatic nitrogens is 2. The second-order valence-corrected chi connectivity index (χ2v) is 14.8. The third-order valence-electron chi connectivity index (χ3n) is 6.37. The van der Waals surface area contributed by atoms with Crippen LogP contribution in [0.3, 0.4) is 0 Å². The number of carbonyl (C=O) groups is 1. The highest BCUT2D eigenvalue weighted by Gasteiger charge is 2.60. The first kappa shape index (κ1) is 28.3. The van der Waals surface area contributed by atoms with Crippen LogP contribution in [0.2, 0.25) is 18.1 Å². The minimum absolute atomic E-state index is 0.156. The number of anilines is 1. The normalized spacial score (nSPS) is 22.6. The van der Waals surface area contributed by atoms with Gasteiger partial charge in [-0.2, -0.15) is 8.78 Å². The molecule has 2 heterocycles. The lowest BCUT2D eigenvalue weighted by Gasteiger charge is -2.37. The van der Waals surface area contributed by atoms with Crippen molar-refractivity contribution in [3.8, 4) is 0 Å². The summed E-state index contributed by atoms with van der Waals surface area (Å²) < 4.78 is 47.1. The zero-order chi connectivity index (χ0) is 25.7. The van der Waals surface area contributed by atoms with E-state index >= 15 is 8.78 Å². The van der Waals surface area contributed by atoms with Gasteiger partial charge in [-0.15, -0.1) is 0 Å². The Kier molecular flexibility index (Phi) is 9.36. The molecule has 2 rings (SSSR count). The van der Waals surface area contributed by atoms with E-state index in [4.69, 9.17) is 13.9 Å². The van der Waals surface area contributed by atoms with Gasteiger partial charge in [-0.1, -0.05) is 47.0 Å². The molecule has 0 spiro atoms. The van der Waals surface area contributed by atoms with Gasteiger partial charge in [-0.3, -0.25) is 5.32 Å². The van der Waals surface area contributed by atoms with E-state index in [0.29, 0.717) is 11.0 Å². The number of carbonyl (C=O) groups excluding carboxylic acids is 1. The van der Waals surface area contributed by atoms with Gasteiger partial charge in [0.2, 0.25) is 6.23 Å². The lowest BCUT2D eigenvalue weighted by Crippen LogP contribution is -2.45. The molecular formula is C22H37F2N3O6Si. The smallest absolute Gasteiger partial charge is 0.412 e. The number of alkyl halides is 2. The molecule has 1 fully saturated rings. The lowest BCUT2D eigenvalue weighted by molar-refractivity contribution is -0.140. The third kappa shape index (κ3) is 6.61. The summed E-state index contributed by atoms with van der Waals surface area (Å²) in [5.74, 6) is -4.11. The minimum Gasteiger partial charge on any atom is -0.449 e. The van der Waals surface area contributed by atoms with Gasteiger partial charge >= 0.3 is 17.7 Å². The Bertz CT molecular complexity index is 890. The summed E-state index contributed by atoms with van der Waals surface area (Å²) in [6, 6.07) is 1.19. The molecule has 1 aromatic heterocycles. The first-order valence-electron chi connectivity index (χ1n) is 11.6. The number of amides is 1. The van der Waals surface area contributed by atoms with Crippen LogP contribution >= 0.6 is 0 Å². The zero-order valence-corrected chi connectivity index (χ0v) is 21.8. The SMILES string of the molecule is CCCCCCOC(=O)Nc1ccnc(=O)n1[C@@H]1O[C@H](CO[Si](C)(C)C(C)(C)C)[C@@H](O)C1(F)F. The third-order valence-corrected chi connectivity index (χ3v) is 10.9. The average Bonchev–Trinajstić information content (AvgIpc) is 2.95. The Morgan fingerprint density at radius 2 is 2.00 bits per heavy atom. The van der Waals surface area contributed by atoms with Crippen molar-refractivity contribution in [2.75, 3.05) is 18.5 Å². The molecule has 0 saturated carbocycles. The second kappa shape index (κ2) is 11.2. The molecule has 9 nitrogen and oxygen atoms in total. The van der Waals surface area contributed by atoms with E-state index in [1.807, 2.05) is 33.9 Å². The molecule has 0 aliphatic carbocycles. The fourth-order valence-electron chi connectivity index (χ4n) is 3.18. The van der Waals surface area contributed by atoms with E-state index in [2.05, 4.69) is 17.2 Å². The summed E-state index contributed by atoms with van der Waals surface area (Å²) in [5, 5.41) is 12.4. The highest BCUT2D eigenvalue weighted by molar-refractivity contribution is 6.74. The number of halogens is 2. The number of nitrogens with zero attached hydrogens (tertiary/aromatic N) is 2. The van der Waals surface area contributed by atoms with Crippen LogP contribution in [0.4, 0.5) is 19.4 Å². The summed E-state index contributed by atoms with van der Waals surface area (Å²) in [5.41, 5.74) is -1.07. The standard InChI is InChI=1S/C22H37F2N3O6Si/c1-7-8-9-10-13-31-20(30)26-16-11-12-25-19(29)27(16)18-22(23,24)17(28)15(33-18)14-32-34(5,6)21(2,3)4/h11-12,15,17-18,28H,7-10,13-14H2,1-6H3,(H,26,30)/t15-,17-,18-/m1/s1. The predicted molar refractivity (Wildman–Crippen MR) is 126 cm³/mol. The number of hydrogen-bond donors (Lipinski definition) is 2. The molecule has 1 aromatic rings. The number of ether oxygens (including phenoxy) is 2. The Morgan fingerprint density at radius 1 is 1.32 bits per heavy atom. The molecule has 34 heavy (non-hydrogen) atoms. The van der Waals surface area contributed by atoms with Crippen LogP contribution in [-0.4, -0.2) is 60.4 Å². The van der Waals surface area contributed by atoms with E-state index < -0.39 is 44.5 Å². The molecule has 1 saturated heterocycles. The quantitative estimate of drug-likeness (QED) is 0.360. The summed E-state index contributed by atoms with van der Waals surface area (Å²) in [7, 11) is -2.31. The molecule has 0 unspecified atom stereocenters. The lowest BCUT2D eigenvalue weighted by atomic mass is 10.1. The minimum atomic E-state index is -3.84. The highest BCUT2D eigenvalue weighted by Crippen LogP contribution is 2.44. The van der Waals surface area contributed by atoms with Crippen molar-refractivity contribution in [2.24, 2.45) is 0 Å². The molecule has 1 aliphatic heterocycles. The molecule has 194 valence electrons. The van der Waals surface area contributed by atoms with Crippen LogP contribution in [0.15, 0.2) is 17.1 Å². The molecule has 2 N–H and O–H groups in total. The first-order chi connectivity index (χ1) is 15.7. The Balaban J connectivity index is 2.18. The van der Waals surface area contributed by atoms with E-state index in [1.165, 1.54) is 6.07 Å². The van der Waals surface area contributed by atoms with Crippen LogP contribution in [0.1, 0.15) is 59.6 Å². The van der Waals surface area contributed by atoms with E-state index in [1.54, 1.807) is 0 Å². The average molecular weight is 506 g/mol. The number of nitrogens with one attached hydrogen (secondary N) is 1. The molecule has 0 aromatic carbocycles. The summed E-state index contributed by atoms with van der Waals surface area (Å²) in [6.07, 6.45) is -2.00. The summed E-state index contributed by atoms with van der Waals surface area (Å²) in [6.45, 7) is 11.8. The van der Waals surface area contributed by atoms with Gasteiger partial charge in [0.15, 0.2) is 14.4 Å². The first-order valence-corrected chi connectivity index (χ1v) is 14.5. The Hall–Kier alpha value is -1.89. The number of unbranched alkanes of at least 4 members (excludes halogenated alkanes) is 3. The molecule has 0 radical (unpaired) electrons. The van der Waals surface area contributed by atoms with Gasteiger partial charge in [0.1, 0.15) is 11.9 Å². The predicted octanol–water partition coefficient (Wildman–Crippen LogP) is 4.29. The van der Waals surface area contributed by atoms with Gasteiger partial charge in [0, 0.05) is 6.20 Å². The van der Waals surface area contributed by atoms with E-state index in [0.717, 1.165) is 25.5 Å². The second-order valence-electron chi connectivity index (χ2n) is 10.0. The van der Waals surface area contributed by atoms with Crippen LogP contribution in [0, 0.1) is 0 Å². The number of aliphatic hydroxyl groups is 1. The van der Waals surface area contributed by atoms with Crippen molar-refractivity contribution in [2.45, 2.75) is 95.9 Å². The maximum Gasteiger partial charge on any atom is 0.412 e. The van der Waals surface area contributed by atoms with Crippen LogP contribution in [-0.2, 0) is 13.9 Å². The van der Waals surface area contributed by atoms with E-state index in [9.17, 15) is 14.7 Å². The van der Waals surface area contributed by atoms with E-state index in [-0.39, 0.29) is 24.1 Å². The Labute approximate surface area is 199 Å². The van der Waals surface area contributed by atoms with Crippen molar-refractivity contribution < 1.29 is 32.6 Å². The van der Waals surface area contributed by atoms with Crippen molar-refractivity contribution in [1.29, 1.82) is 0 Å². The van der Waals surface area contributed by atoms with Gasteiger partial charge in [0.05, 0.1) is 13.2 Å². The number of hydrogen-bond acceptors (Lipinski definition) is 7. The zero-order valence-electron chi connectivity index (χ0n) is 20.8. The fraction of sp³-hybridized carbons (Fsp3) is 0.773. The van der Waals surface area contributed by atoms with Crippen molar-refractivity contribution in [3.63, 3.8) is 0 Å². The van der Waals surface area contributed by atoms with Crippen LogP contribution in [0.5, 0.6) is 0 Å². The number of rotatable bonds is 10.